The smallest absolute Gasteiger partial charge is 0.314 e. The van der Waals surface area contributed by atoms with Gasteiger partial charge >= 0.3 is 6.03 Å². The van der Waals surface area contributed by atoms with Crippen molar-refractivity contribution in [2.24, 2.45) is 5.92 Å². The molecule has 4 heteroatoms. The predicted molar refractivity (Wildman–Crippen MR) is 57.3 cm³/mol. The van der Waals surface area contributed by atoms with E-state index in [1.165, 1.54) is 12.8 Å². The molecule has 14 heavy (non-hydrogen) atoms. The van der Waals surface area contributed by atoms with Crippen molar-refractivity contribution in [3.05, 3.63) is 0 Å². The van der Waals surface area contributed by atoms with Crippen LogP contribution in [-0.2, 0) is 0 Å². The van der Waals surface area contributed by atoms with Crippen molar-refractivity contribution in [1.82, 2.24) is 16.0 Å². The van der Waals surface area contributed by atoms with Crippen LogP contribution in [0.2, 0.25) is 0 Å². The van der Waals surface area contributed by atoms with Gasteiger partial charge in [-0.3, -0.25) is 0 Å². The van der Waals surface area contributed by atoms with Gasteiger partial charge in [-0.15, -0.1) is 0 Å². The van der Waals surface area contributed by atoms with Crippen LogP contribution in [0.3, 0.4) is 0 Å². The Labute approximate surface area is 85.8 Å². The Hall–Kier alpha value is -0.770. The largest absolute Gasteiger partial charge is 0.338 e. The zero-order valence-corrected chi connectivity index (χ0v) is 8.94. The van der Waals surface area contributed by atoms with Crippen molar-refractivity contribution in [3.8, 4) is 0 Å². The summed E-state index contributed by atoms with van der Waals surface area (Å²) >= 11 is 0. The minimum Gasteiger partial charge on any atom is -0.338 e. The lowest BCUT2D eigenvalue weighted by Crippen LogP contribution is -2.38. The van der Waals surface area contributed by atoms with E-state index in [2.05, 4.69) is 16.0 Å². The van der Waals surface area contributed by atoms with Crippen LogP contribution >= 0.6 is 0 Å². The van der Waals surface area contributed by atoms with Gasteiger partial charge in [-0.2, -0.15) is 0 Å². The van der Waals surface area contributed by atoms with Crippen LogP contribution in [0.25, 0.3) is 0 Å². The lowest BCUT2D eigenvalue weighted by atomic mass is 9.96. The van der Waals surface area contributed by atoms with E-state index in [0.29, 0.717) is 6.54 Å². The minimum atomic E-state index is -0.0451. The Kier molecular flexibility index (Phi) is 5.37. The Balaban J connectivity index is 1.99. The van der Waals surface area contributed by atoms with Gasteiger partial charge < -0.3 is 16.0 Å². The van der Waals surface area contributed by atoms with Crippen LogP contribution in [0, 0.1) is 5.92 Å². The molecule has 1 aliphatic heterocycles. The SMILES string of the molecule is CCNC(=O)NCCC1CCCNC1. The van der Waals surface area contributed by atoms with Gasteiger partial charge in [0.05, 0.1) is 0 Å². The number of nitrogens with one attached hydrogen (secondary N) is 3. The van der Waals surface area contributed by atoms with Crippen molar-refractivity contribution in [1.29, 1.82) is 0 Å². The molecule has 0 aromatic carbocycles. The third kappa shape index (κ3) is 4.46. The summed E-state index contributed by atoms with van der Waals surface area (Å²) in [7, 11) is 0. The molecule has 4 nitrogen and oxygen atoms in total. The maximum absolute atomic E-state index is 11.0. The first kappa shape index (κ1) is 11.3. The van der Waals surface area contributed by atoms with Crippen LogP contribution in [0.1, 0.15) is 26.2 Å². The lowest BCUT2D eigenvalue weighted by Gasteiger charge is -2.22. The zero-order chi connectivity index (χ0) is 10.2. The first-order chi connectivity index (χ1) is 6.83. The molecule has 0 radical (unpaired) electrons. The highest BCUT2D eigenvalue weighted by molar-refractivity contribution is 5.73. The van der Waals surface area contributed by atoms with Crippen LogP contribution in [-0.4, -0.2) is 32.2 Å². The molecule has 0 aliphatic carbocycles. The second-order valence-electron chi connectivity index (χ2n) is 3.79. The average molecular weight is 199 g/mol. The molecular weight excluding hydrogens is 178 g/mol. The molecule has 1 atom stereocenters. The predicted octanol–water partition coefficient (Wildman–Crippen LogP) is 0.695. The molecule has 82 valence electrons. The van der Waals surface area contributed by atoms with Gasteiger partial charge in [0.2, 0.25) is 0 Å². The second-order valence-corrected chi connectivity index (χ2v) is 3.79. The molecule has 1 aliphatic rings. The molecule has 0 bridgehead atoms. The highest BCUT2D eigenvalue weighted by Gasteiger charge is 2.12. The first-order valence-electron chi connectivity index (χ1n) is 5.55. The number of piperidine rings is 1. The van der Waals surface area contributed by atoms with Gasteiger partial charge in [0.25, 0.3) is 0 Å². The quantitative estimate of drug-likeness (QED) is 0.624. The van der Waals surface area contributed by atoms with Crippen molar-refractivity contribution >= 4 is 6.03 Å². The Morgan fingerprint density at radius 3 is 3.00 bits per heavy atom. The van der Waals surface area contributed by atoms with E-state index in [0.717, 1.165) is 32.0 Å². The van der Waals surface area contributed by atoms with E-state index < -0.39 is 0 Å². The van der Waals surface area contributed by atoms with E-state index in [1.54, 1.807) is 0 Å². The minimum absolute atomic E-state index is 0.0451. The molecule has 1 rings (SSSR count). The summed E-state index contributed by atoms with van der Waals surface area (Å²) in [6.07, 6.45) is 3.65. The summed E-state index contributed by atoms with van der Waals surface area (Å²) in [6.45, 7) is 5.66. The fourth-order valence-corrected chi connectivity index (χ4v) is 1.78. The number of rotatable bonds is 4. The Morgan fingerprint density at radius 2 is 2.36 bits per heavy atom. The van der Waals surface area contributed by atoms with Gasteiger partial charge in [0.1, 0.15) is 0 Å². The second kappa shape index (κ2) is 6.65. The molecule has 0 saturated carbocycles. The number of hydrogen-bond donors (Lipinski definition) is 3. The van der Waals surface area contributed by atoms with Gasteiger partial charge in [-0.05, 0) is 45.2 Å². The summed E-state index contributed by atoms with van der Waals surface area (Å²) < 4.78 is 0. The number of carbonyl (C=O) groups is 1. The van der Waals surface area contributed by atoms with E-state index in [-0.39, 0.29) is 6.03 Å². The Bertz CT molecular complexity index is 167. The Morgan fingerprint density at radius 1 is 1.50 bits per heavy atom. The number of amides is 2. The molecule has 1 heterocycles. The molecule has 0 spiro atoms. The fraction of sp³-hybridized carbons (Fsp3) is 0.900. The third-order valence-corrected chi connectivity index (χ3v) is 2.57. The molecule has 2 amide bonds. The molecule has 1 unspecified atom stereocenters. The van der Waals surface area contributed by atoms with Crippen molar-refractivity contribution in [2.45, 2.75) is 26.2 Å². The van der Waals surface area contributed by atoms with Gasteiger partial charge in [0.15, 0.2) is 0 Å². The van der Waals surface area contributed by atoms with Gasteiger partial charge in [0, 0.05) is 13.1 Å². The summed E-state index contributed by atoms with van der Waals surface area (Å²) in [6, 6.07) is -0.0451. The average Bonchev–Trinajstić information content (AvgIpc) is 2.20. The third-order valence-electron chi connectivity index (χ3n) is 2.57. The highest BCUT2D eigenvalue weighted by atomic mass is 16.2. The van der Waals surface area contributed by atoms with Crippen molar-refractivity contribution in [3.63, 3.8) is 0 Å². The van der Waals surface area contributed by atoms with E-state index >= 15 is 0 Å². The monoisotopic (exact) mass is 199 g/mol. The van der Waals surface area contributed by atoms with Crippen LogP contribution in [0.5, 0.6) is 0 Å². The lowest BCUT2D eigenvalue weighted by molar-refractivity contribution is 0.240. The highest BCUT2D eigenvalue weighted by Crippen LogP contribution is 2.12. The van der Waals surface area contributed by atoms with E-state index in [9.17, 15) is 4.79 Å². The topological polar surface area (TPSA) is 53.2 Å². The number of urea groups is 1. The zero-order valence-electron chi connectivity index (χ0n) is 8.94. The number of carbonyl (C=O) groups excluding carboxylic acids is 1. The summed E-state index contributed by atoms with van der Waals surface area (Å²) in [5, 5.41) is 8.94. The number of hydrogen-bond acceptors (Lipinski definition) is 2. The first-order valence-corrected chi connectivity index (χ1v) is 5.55. The van der Waals surface area contributed by atoms with E-state index in [4.69, 9.17) is 0 Å². The summed E-state index contributed by atoms with van der Waals surface area (Å²) in [5.41, 5.74) is 0. The van der Waals surface area contributed by atoms with E-state index in [1.807, 2.05) is 6.92 Å². The van der Waals surface area contributed by atoms with Crippen LogP contribution in [0.15, 0.2) is 0 Å². The molecule has 0 aromatic rings. The molecular formula is C10H21N3O. The van der Waals surface area contributed by atoms with Crippen molar-refractivity contribution < 1.29 is 4.79 Å². The molecule has 1 saturated heterocycles. The summed E-state index contributed by atoms with van der Waals surface area (Å²) in [5.74, 6) is 0.741. The van der Waals surface area contributed by atoms with Gasteiger partial charge in [-0.1, -0.05) is 0 Å². The standard InChI is InChI=1S/C10H21N3O/c1-2-12-10(14)13-7-5-9-4-3-6-11-8-9/h9,11H,2-8H2,1H3,(H2,12,13,14). The maximum atomic E-state index is 11.0. The molecule has 0 aromatic heterocycles. The van der Waals surface area contributed by atoms with Gasteiger partial charge in [-0.25, -0.2) is 4.79 Å². The summed E-state index contributed by atoms with van der Waals surface area (Å²) in [4.78, 5) is 11.0. The van der Waals surface area contributed by atoms with Crippen LogP contribution in [0.4, 0.5) is 4.79 Å². The molecule has 3 N–H and O–H groups in total. The normalized spacial score (nSPS) is 21.6. The fourth-order valence-electron chi connectivity index (χ4n) is 1.78. The van der Waals surface area contributed by atoms with Crippen LogP contribution < -0.4 is 16.0 Å². The van der Waals surface area contributed by atoms with Crippen molar-refractivity contribution in [2.75, 3.05) is 26.2 Å². The maximum Gasteiger partial charge on any atom is 0.314 e. The molecule has 1 fully saturated rings.